The zero-order valence-corrected chi connectivity index (χ0v) is 5.04. The smallest absolute Gasteiger partial charge is 0.0133 e. The van der Waals surface area contributed by atoms with E-state index < -0.39 is 0 Å². The molecule has 0 fully saturated rings. The normalized spacial score (nSPS) is 7.60. The van der Waals surface area contributed by atoms with Crippen LogP contribution in [0.25, 0.3) is 0 Å². The predicted octanol–water partition coefficient (Wildman–Crippen LogP) is 0.614. The summed E-state index contributed by atoms with van der Waals surface area (Å²) in [6.07, 6.45) is 0. The molecular weight excluding hydrogens is 76.1 g/mol. The van der Waals surface area contributed by atoms with Crippen LogP contribution in [0.5, 0.6) is 0 Å². The molecule has 0 heterocycles. The van der Waals surface area contributed by atoms with Gasteiger partial charge in [0.05, 0.1) is 0 Å². The first kappa shape index (κ1) is 4.96. The zero-order valence-electron chi connectivity index (χ0n) is 3.62. The Balaban J connectivity index is 2.85. The fraction of sp³-hybridized carbons (Fsp3) is 0.500. The molecule has 0 aromatic rings. The van der Waals surface area contributed by atoms with E-state index >= 15 is 0 Å². The van der Waals surface area contributed by atoms with E-state index in [4.69, 9.17) is 0 Å². The van der Waals surface area contributed by atoms with Crippen molar-refractivity contribution in [2.45, 2.75) is 13.0 Å². The van der Waals surface area contributed by atoms with Crippen LogP contribution >= 0.6 is 0 Å². The minimum absolute atomic E-state index is 1.14. The van der Waals surface area contributed by atoms with E-state index in [1.54, 1.807) is 0 Å². The maximum Gasteiger partial charge on any atom is 0.0133 e. The van der Waals surface area contributed by atoms with Crippen molar-refractivity contribution in [1.82, 2.24) is 0 Å². The topological polar surface area (TPSA) is 0 Å². The monoisotopic (exact) mass is 85.0 g/mol. The van der Waals surface area contributed by atoms with Gasteiger partial charge in [-0.25, -0.2) is 0 Å². The molecule has 0 rings (SSSR count). The molecule has 29 valence electrons. The highest BCUT2D eigenvalue weighted by molar-refractivity contribution is 6.10. The summed E-state index contributed by atoms with van der Waals surface area (Å²) < 4.78 is 0. The van der Waals surface area contributed by atoms with Gasteiger partial charge in [0.1, 0.15) is 0 Å². The quantitative estimate of drug-likeness (QED) is 0.323. The van der Waals surface area contributed by atoms with E-state index in [0.717, 1.165) is 6.04 Å². The Kier molecular flexibility index (Phi) is 2.19. The van der Waals surface area contributed by atoms with Crippen molar-refractivity contribution in [2.75, 3.05) is 0 Å². The van der Waals surface area contributed by atoms with Gasteiger partial charge in [-0.3, -0.25) is 0 Å². The van der Waals surface area contributed by atoms with Crippen molar-refractivity contribution in [3.8, 4) is 0 Å². The molecular formula is C4H9Si. The molecule has 1 radical (unpaired) electrons. The van der Waals surface area contributed by atoms with Crippen LogP contribution in [0.3, 0.4) is 0 Å². The molecule has 0 nitrogen and oxygen atoms in total. The first-order valence-corrected chi connectivity index (χ1v) is 2.71. The third-order valence-electron chi connectivity index (χ3n) is 0.427. The van der Waals surface area contributed by atoms with Gasteiger partial charge in [-0.05, 0) is 13.0 Å². The van der Waals surface area contributed by atoms with Gasteiger partial charge in [-0.2, -0.15) is 0 Å². The van der Waals surface area contributed by atoms with Crippen LogP contribution in [-0.4, -0.2) is 10.2 Å². The first-order chi connectivity index (χ1) is 2.27. The van der Waals surface area contributed by atoms with E-state index in [1.165, 1.54) is 5.57 Å². The lowest BCUT2D eigenvalue weighted by Gasteiger charge is -1.79. The summed E-state index contributed by atoms with van der Waals surface area (Å²) in [7, 11) is 1.93. The summed E-state index contributed by atoms with van der Waals surface area (Å²) in [5, 5.41) is 0. The molecule has 0 aliphatic carbocycles. The van der Waals surface area contributed by atoms with Crippen LogP contribution in [0.1, 0.15) is 6.92 Å². The number of rotatable bonds is 1. The molecule has 0 aliphatic heterocycles. The predicted molar refractivity (Wildman–Crippen MR) is 28.2 cm³/mol. The van der Waals surface area contributed by atoms with Crippen molar-refractivity contribution in [3.05, 3.63) is 12.2 Å². The summed E-state index contributed by atoms with van der Waals surface area (Å²) in [6.45, 7) is 5.72. The van der Waals surface area contributed by atoms with E-state index in [-0.39, 0.29) is 0 Å². The van der Waals surface area contributed by atoms with Crippen molar-refractivity contribution in [3.63, 3.8) is 0 Å². The molecule has 5 heavy (non-hydrogen) atoms. The average molecular weight is 85.2 g/mol. The van der Waals surface area contributed by atoms with Crippen molar-refractivity contribution in [2.24, 2.45) is 0 Å². The average Bonchev–Trinajstić information content (AvgIpc) is 1.38. The lowest BCUT2D eigenvalue weighted by molar-refractivity contribution is 1.41. The summed E-state index contributed by atoms with van der Waals surface area (Å²) in [5.41, 5.74) is 1.27. The van der Waals surface area contributed by atoms with Gasteiger partial charge in [-0.15, -0.1) is 6.58 Å². The van der Waals surface area contributed by atoms with Crippen LogP contribution in [-0.2, 0) is 0 Å². The summed E-state index contributed by atoms with van der Waals surface area (Å²) in [4.78, 5) is 0. The second-order valence-electron chi connectivity index (χ2n) is 1.21. The zero-order chi connectivity index (χ0) is 4.28. The summed E-state index contributed by atoms with van der Waals surface area (Å²) in [5.74, 6) is 0. The highest BCUT2D eigenvalue weighted by Gasteiger charge is 1.68. The van der Waals surface area contributed by atoms with Crippen LogP contribution < -0.4 is 0 Å². The summed E-state index contributed by atoms with van der Waals surface area (Å²) >= 11 is 0. The van der Waals surface area contributed by atoms with Crippen LogP contribution in [0, 0.1) is 0 Å². The van der Waals surface area contributed by atoms with Gasteiger partial charge in [0, 0.05) is 10.2 Å². The molecule has 0 saturated heterocycles. The Morgan fingerprint density at radius 3 is 2.20 bits per heavy atom. The Bertz CT molecular complexity index is 38.9. The van der Waals surface area contributed by atoms with Crippen LogP contribution in [0.4, 0.5) is 0 Å². The van der Waals surface area contributed by atoms with E-state index in [1.807, 2.05) is 17.2 Å². The van der Waals surface area contributed by atoms with Crippen molar-refractivity contribution in [1.29, 1.82) is 0 Å². The van der Waals surface area contributed by atoms with E-state index in [0.29, 0.717) is 0 Å². The second kappa shape index (κ2) is 2.21. The molecule has 0 aromatic carbocycles. The Morgan fingerprint density at radius 2 is 2.20 bits per heavy atom. The molecule has 0 bridgehead atoms. The second-order valence-corrected chi connectivity index (χ2v) is 1.71. The first-order valence-electron chi connectivity index (χ1n) is 1.71. The van der Waals surface area contributed by atoms with E-state index in [2.05, 4.69) is 6.58 Å². The van der Waals surface area contributed by atoms with Crippen LogP contribution in [0.15, 0.2) is 12.2 Å². The molecule has 0 atom stereocenters. The summed E-state index contributed by atoms with van der Waals surface area (Å²) in [6, 6.07) is 1.14. The van der Waals surface area contributed by atoms with Gasteiger partial charge in [-0.1, -0.05) is 5.57 Å². The molecule has 0 aliphatic rings. The standard InChI is InChI=1S/C4H9Si/c1-4(2)3-5/h1,3,5H2,2H3. The maximum atomic E-state index is 3.68. The molecule has 0 unspecified atom stereocenters. The fourth-order valence-electron chi connectivity index (χ4n) is 0. The van der Waals surface area contributed by atoms with Gasteiger partial charge >= 0.3 is 0 Å². The maximum absolute atomic E-state index is 3.68. The third kappa shape index (κ3) is 3.96. The highest BCUT2D eigenvalue weighted by atomic mass is 28.1. The van der Waals surface area contributed by atoms with Crippen LogP contribution in [0.2, 0.25) is 6.04 Å². The Morgan fingerprint density at radius 1 is 2.00 bits per heavy atom. The fourth-order valence-corrected chi connectivity index (χ4v) is 0. The van der Waals surface area contributed by atoms with Gasteiger partial charge in [0.2, 0.25) is 0 Å². The van der Waals surface area contributed by atoms with Gasteiger partial charge in [0.15, 0.2) is 0 Å². The molecule has 0 aromatic heterocycles. The Hall–Kier alpha value is -0.0431. The molecule has 0 saturated carbocycles. The lowest BCUT2D eigenvalue weighted by Crippen LogP contribution is -1.63. The molecule has 0 amide bonds. The third-order valence-corrected chi connectivity index (χ3v) is 1.28. The number of allylic oxidation sites excluding steroid dienone is 1. The van der Waals surface area contributed by atoms with Gasteiger partial charge in [0.25, 0.3) is 0 Å². The highest BCUT2D eigenvalue weighted by Crippen LogP contribution is 1.86. The largest absolute Gasteiger partial charge is 0.100 e. The molecule has 1 heteroatoms. The molecule has 0 N–H and O–H groups in total. The molecule has 0 spiro atoms. The van der Waals surface area contributed by atoms with Crippen molar-refractivity contribution < 1.29 is 0 Å². The SMILES string of the molecule is C=C(C)C[SiH2]. The van der Waals surface area contributed by atoms with Gasteiger partial charge < -0.3 is 0 Å². The number of hydrogen-bond donors (Lipinski definition) is 0. The minimum atomic E-state index is 1.14. The minimum Gasteiger partial charge on any atom is -0.100 e. The lowest BCUT2D eigenvalue weighted by atomic mass is 10.4. The number of hydrogen-bond acceptors (Lipinski definition) is 0. The Labute approximate surface area is 36.3 Å². The van der Waals surface area contributed by atoms with E-state index in [9.17, 15) is 0 Å². The van der Waals surface area contributed by atoms with Crippen molar-refractivity contribution >= 4 is 10.2 Å².